The standard InChI is InChI=1S/C13H16BrFN2.ClH/c1-2-13(17-7-5-16-6-8-17)11-4-3-10(14)9-12(11)15;/h2-4,9,13,16H,1,5-8H2;1H/t13-;/m0./s1. The molecule has 0 spiro atoms. The fourth-order valence-corrected chi connectivity index (χ4v) is 2.51. The maximum absolute atomic E-state index is 13.9. The second-order valence-electron chi connectivity index (χ2n) is 4.13. The Morgan fingerprint density at radius 1 is 1.39 bits per heavy atom. The van der Waals surface area contributed by atoms with Crippen LogP contribution in [-0.2, 0) is 0 Å². The molecule has 0 amide bonds. The zero-order chi connectivity index (χ0) is 12.3. The Bertz CT molecular complexity index is 408. The molecule has 18 heavy (non-hydrogen) atoms. The number of hydrogen-bond acceptors (Lipinski definition) is 2. The smallest absolute Gasteiger partial charge is 0.129 e. The van der Waals surface area contributed by atoms with Gasteiger partial charge in [0.2, 0.25) is 0 Å². The fourth-order valence-electron chi connectivity index (χ4n) is 2.17. The van der Waals surface area contributed by atoms with E-state index in [0.717, 1.165) is 30.7 Å². The molecule has 100 valence electrons. The molecule has 1 aromatic carbocycles. The van der Waals surface area contributed by atoms with Crippen molar-refractivity contribution in [3.05, 3.63) is 46.7 Å². The van der Waals surface area contributed by atoms with Crippen molar-refractivity contribution >= 4 is 28.3 Å². The van der Waals surface area contributed by atoms with Crippen molar-refractivity contribution in [3.8, 4) is 0 Å². The average molecular weight is 336 g/mol. The third kappa shape index (κ3) is 3.54. The number of piperazine rings is 1. The van der Waals surface area contributed by atoms with Crippen LogP contribution in [0.4, 0.5) is 4.39 Å². The summed E-state index contributed by atoms with van der Waals surface area (Å²) in [4.78, 5) is 2.25. The molecule has 0 saturated carbocycles. The summed E-state index contributed by atoms with van der Waals surface area (Å²) in [6.45, 7) is 7.58. The number of hydrogen-bond donors (Lipinski definition) is 1. The molecule has 1 fully saturated rings. The van der Waals surface area contributed by atoms with Gasteiger partial charge in [-0.05, 0) is 12.1 Å². The minimum absolute atomic E-state index is 0. The van der Waals surface area contributed by atoms with E-state index in [1.807, 2.05) is 18.2 Å². The summed E-state index contributed by atoms with van der Waals surface area (Å²) in [5.41, 5.74) is 0.699. The fraction of sp³-hybridized carbons (Fsp3) is 0.385. The summed E-state index contributed by atoms with van der Waals surface area (Å²) in [5, 5.41) is 3.29. The van der Waals surface area contributed by atoms with Gasteiger partial charge in [0.25, 0.3) is 0 Å². The summed E-state index contributed by atoms with van der Waals surface area (Å²) in [6.07, 6.45) is 1.82. The van der Waals surface area contributed by atoms with E-state index in [4.69, 9.17) is 0 Å². The van der Waals surface area contributed by atoms with E-state index in [0.29, 0.717) is 5.56 Å². The molecule has 0 unspecified atom stereocenters. The van der Waals surface area contributed by atoms with Crippen molar-refractivity contribution < 1.29 is 4.39 Å². The first kappa shape index (κ1) is 15.6. The normalized spacial score (nSPS) is 17.9. The Kier molecular flexibility index (Phi) is 6.29. The molecule has 0 aromatic heterocycles. The van der Waals surface area contributed by atoms with E-state index in [1.165, 1.54) is 6.07 Å². The van der Waals surface area contributed by atoms with E-state index in [9.17, 15) is 4.39 Å². The lowest BCUT2D eigenvalue weighted by atomic mass is 10.0. The first-order valence-corrected chi connectivity index (χ1v) is 6.54. The molecular weight excluding hydrogens is 319 g/mol. The molecule has 0 aliphatic carbocycles. The Labute approximate surface area is 122 Å². The van der Waals surface area contributed by atoms with Gasteiger partial charge in [-0.2, -0.15) is 0 Å². The van der Waals surface area contributed by atoms with Crippen LogP contribution in [0.15, 0.2) is 35.3 Å². The summed E-state index contributed by atoms with van der Waals surface area (Å²) >= 11 is 3.27. The highest BCUT2D eigenvalue weighted by molar-refractivity contribution is 9.10. The van der Waals surface area contributed by atoms with Gasteiger partial charge >= 0.3 is 0 Å². The van der Waals surface area contributed by atoms with Crippen LogP contribution in [0.5, 0.6) is 0 Å². The van der Waals surface area contributed by atoms with Crippen LogP contribution in [0.25, 0.3) is 0 Å². The van der Waals surface area contributed by atoms with Crippen molar-refractivity contribution in [1.29, 1.82) is 0 Å². The Morgan fingerprint density at radius 2 is 2.06 bits per heavy atom. The molecule has 2 rings (SSSR count). The summed E-state index contributed by atoms with van der Waals surface area (Å²) in [6, 6.07) is 5.17. The minimum atomic E-state index is -0.178. The van der Waals surface area contributed by atoms with Gasteiger partial charge in [-0.1, -0.05) is 28.1 Å². The molecule has 2 nitrogen and oxygen atoms in total. The Hall–Kier alpha value is -0.420. The highest BCUT2D eigenvalue weighted by Gasteiger charge is 2.21. The molecule has 0 radical (unpaired) electrons. The largest absolute Gasteiger partial charge is 0.314 e. The van der Waals surface area contributed by atoms with Crippen molar-refractivity contribution in [2.24, 2.45) is 0 Å². The number of rotatable bonds is 3. The predicted octanol–water partition coefficient (Wildman–Crippen LogP) is 3.14. The minimum Gasteiger partial charge on any atom is -0.314 e. The molecule has 1 saturated heterocycles. The summed E-state index contributed by atoms with van der Waals surface area (Å²) < 4.78 is 14.7. The average Bonchev–Trinajstić information content (AvgIpc) is 2.34. The van der Waals surface area contributed by atoms with Crippen LogP contribution in [0.2, 0.25) is 0 Å². The van der Waals surface area contributed by atoms with Gasteiger partial charge in [0.15, 0.2) is 0 Å². The SMILES string of the molecule is C=C[C@@H](c1ccc(Br)cc1F)N1CCNCC1.Cl. The number of benzene rings is 1. The molecule has 5 heteroatoms. The van der Waals surface area contributed by atoms with Gasteiger partial charge < -0.3 is 5.32 Å². The van der Waals surface area contributed by atoms with Gasteiger partial charge in [0.05, 0.1) is 6.04 Å². The van der Waals surface area contributed by atoms with Crippen molar-refractivity contribution in [3.63, 3.8) is 0 Å². The monoisotopic (exact) mass is 334 g/mol. The van der Waals surface area contributed by atoms with Crippen molar-refractivity contribution in [1.82, 2.24) is 10.2 Å². The summed E-state index contributed by atoms with van der Waals surface area (Å²) in [5.74, 6) is -0.178. The lowest BCUT2D eigenvalue weighted by Gasteiger charge is -2.33. The quantitative estimate of drug-likeness (QED) is 0.854. The lowest BCUT2D eigenvalue weighted by molar-refractivity contribution is 0.200. The molecule has 1 aliphatic rings. The maximum Gasteiger partial charge on any atom is 0.129 e. The van der Waals surface area contributed by atoms with Gasteiger partial charge in [-0.15, -0.1) is 19.0 Å². The number of nitrogens with one attached hydrogen (secondary N) is 1. The van der Waals surface area contributed by atoms with Gasteiger partial charge in [-0.3, -0.25) is 4.90 Å². The van der Waals surface area contributed by atoms with Crippen LogP contribution < -0.4 is 5.32 Å². The second kappa shape index (κ2) is 7.24. The van der Waals surface area contributed by atoms with Crippen LogP contribution >= 0.6 is 28.3 Å². The highest BCUT2D eigenvalue weighted by Crippen LogP contribution is 2.26. The van der Waals surface area contributed by atoms with E-state index in [2.05, 4.69) is 32.7 Å². The lowest BCUT2D eigenvalue weighted by Crippen LogP contribution is -2.44. The third-order valence-corrected chi connectivity index (χ3v) is 3.54. The highest BCUT2D eigenvalue weighted by atomic mass is 79.9. The molecule has 1 aliphatic heterocycles. The van der Waals surface area contributed by atoms with Crippen LogP contribution in [0.1, 0.15) is 11.6 Å². The molecule has 1 heterocycles. The zero-order valence-electron chi connectivity index (χ0n) is 10.0. The first-order valence-electron chi connectivity index (χ1n) is 5.74. The number of nitrogens with zero attached hydrogens (tertiary/aromatic N) is 1. The first-order chi connectivity index (χ1) is 8.22. The van der Waals surface area contributed by atoms with Gasteiger partial charge in [0.1, 0.15) is 5.82 Å². The predicted molar refractivity (Wildman–Crippen MR) is 78.7 cm³/mol. The van der Waals surface area contributed by atoms with Gasteiger partial charge in [-0.25, -0.2) is 4.39 Å². The topological polar surface area (TPSA) is 15.3 Å². The zero-order valence-corrected chi connectivity index (χ0v) is 12.4. The van der Waals surface area contributed by atoms with E-state index < -0.39 is 0 Å². The molecular formula is C13H17BrClFN2. The Morgan fingerprint density at radius 3 is 2.61 bits per heavy atom. The number of halogens is 3. The molecule has 1 aromatic rings. The Balaban J connectivity index is 0.00000162. The molecule has 1 N–H and O–H groups in total. The van der Waals surface area contributed by atoms with Crippen LogP contribution in [-0.4, -0.2) is 31.1 Å². The van der Waals surface area contributed by atoms with Gasteiger partial charge in [0, 0.05) is 36.2 Å². The van der Waals surface area contributed by atoms with E-state index >= 15 is 0 Å². The van der Waals surface area contributed by atoms with Crippen LogP contribution in [0, 0.1) is 5.82 Å². The third-order valence-electron chi connectivity index (χ3n) is 3.05. The second-order valence-corrected chi connectivity index (χ2v) is 5.05. The van der Waals surface area contributed by atoms with E-state index in [1.54, 1.807) is 0 Å². The molecule has 1 atom stereocenters. The van der Waals surface area contributed by atoms with Crippen molar-refractivity contribution in [2.75, 3.05) is 26.2 Å². The maximum atomic E-state index is 13.9. The van der Waals surface area contributed by atoms with Crippen LogP contribution in [0.3, 0.4) is 0 Å². The van der Waals surface area contributed by atoms with E-state index in [-0.39, 0.29) is 24.3 Å². The molecule has 0 bridgehead atoms. The van der Waals surface area contributed by atoms with Crippen molar-refractivity contribution in [2.45, 2.75) is 6.04 Å². The summed E-state index contributed by atoms with van der Waals surface area (Å²) in [7, 11) is 0.